The second-order valence-corrected chi connectivity index (χ2v) is 9.75. The van der Waals surface area contributed by atoms with Crippen LogP contribution in [0, 0.1) is 23.2 Å². The molecule has 3 saturated carbocycles. The third-order valence-corrected chi connectivity index (χ3v) is 7.80. The average molecular weight is 424 g/mol. The summed E-state index contributed by atoms with van der Waals surface area (Å²) < 4.78 is 1.66. The summed E-state index contributed by atoms with van der Waals surface area (Å²) in [5.74, 6) is 1.42. The maximum atomic E-state index is 13.0. The van der Waals surface area contributed by atoms with Crippen molar-refractivity contribution >= 4 is 23.4 Å². The van der Waals surface area contributed by atoms with Gasteiger partial charge in [0.1, 0.15) is 17.0 Å². The number of carbonyl (C=O) groups excluding carboxylic acids is 3. The van der Waals surface area contributed by atoms with Gasteiger partial charge in [-0.25, -0.2) is 4.98 Å². The molecule has 4 fully saturated rings. The SMILES string of the molecule is CC1(C)[C@H]2CC[C@@H](CNC(=O)c3cccc4nc(C(=O)N5CCNC(=O)C5)cn34)[C@H]1C2. The number of rotatable bonds is 4. The number of imidazole rings is 1. The fourth-order valence-electron chi connectivity index (χ4n) is 5.79. The van der Waals surface area contributed by atoms with Crippen molar-refractivity contribution in [3.63, 3.8) is 0 Å². The van der Waals surface area contributed by atoms with Gasteiger partial charge in [0, 0.05) is 25.8 Å². The zero-order valence-electron chi connectivity index (χ0n) is 18.1. The van der Waals surface area contributed by atoms with Crippen LogP contribution >= 0.6 is 0 Å². The minimum atomic E-state index is -0.297. The Kier molecular flexibility index (Phi) is 4.75. The van der Waals surface area contributed by atoms with Gasteiger partial charge in [0.25, 0.3) is 11.8 Å². The van der Waals surface area contributed by atoms with Crippen LogP contribution in [0.2, 0.25) is 0 Å². The van der Waals surface area contributed by atoms with Gasteiger partial charge in [0.05, 0.1) is 6.54 Å². The van der Waals surface area contributed by atoms with Crippen LogP contribution in [0.1, 0.15) is 54.1 Å². The molecule has 3 amide bonds. The molecule has 3 heterocycles. The number of pyridine rings is 1. The number of nitrogens with one attached hydrogen (secondary N) is 2. The third kappa shape index (κ3) is 3.38. The Bertz CT molecular complexity index is 1060. The van der Waals surface area contributed by atoms with E-state index >= 15 is 0 Å². The molecule has 6 rings (SSSR count). The molecule has 3 aliphatic carbocycles. The molecule has 2 N–H and O–H groups in total. The number of aromatic nitrogens is 2. The monoisotopic (exact) mass is 423 g/mol. The molecule has 2 bridgehead atoms. The molecular formula is C23H29N5O3. The third-order valence-electron chi connectivity index (χ3n) is 7.80. The first kappa shape index (κ1) is 20.0. The summed E-state index contributed by atoms with van der Waals surface area (Å²) in [5.41, 5.74) is 1.63. The van der Waals surface area contributed by atoms with Gasteiger partial charge in [-0.1, -0.05) is 19.9 Å². The summed E-state index contributed by atoms with van der Waals surface area (Å²) in [7, 11) is 0. The van der Waals surface area contributed by atoms with Crippen molar-refractivity contribution in [1.82, 2.24) is 24.9 Å². The number of fused-ring (bicyclic) bond motifs is 3. The molecule has 164 valence electrons. The van der Waals surface area contributed by atoms with Gasteiger partial charge in [0.15, 0.2) is 0 Å². The van der Waals surface area contributed by atoms with E-state index in [-0.39, 0.29) is 30.0 Å². The number of hydrogen-bond donors (Lipinski definition) is 2. The number of nitrogens with zero attached hydrogens (tertiary/aromatic N) is 3. The molecule has 0 aromatic carbocycles. The largest absolute Gasteiger partial charge is 0.353 e. The van der Waals surface area contributed by atoms with Crippen molar-refractivity contribution < 1.29 is 14.4 Å². The summed E-state index contributed by atoms with van der Waals surface area (Å²) in [6.45, 7) is 6.31. The second-order valence-electron chi connectivity index (χ2n) is 9.75. The van der Waals surface area contributed by atoms with E-state index in [1.165, 1.54) is 24.2 Å². The highest BCUT2D eigenvalue weighted by Gasteiger charge is 2.53. The lowest BCUT2D eigenvalue weighted by molar-refractivity contribution is -0.123. The highest BCUT2D eigenvalue weighted by molar-refractivity contribution is 5.97. The van der Waals surface area contributed by atoms with E-state index in [4.69, 9.17) is 0 Å². The molecule has 4 aliphatic rings. The van der Waals surface area contributed by atoms with Crippen molar-refractivity contribution in [2.45, 2.75) is 33.1 Å². The van der Waals surface area contributed by atoms with Crippen LogP contribution < -0.4 is 10.6 Å². The molecular weight excluding hydrogens is 394 g/mol. The van der Waals surface area contributed by atoms with Crippen molar-refractivity contribution in [2.24, 2.45) is 23.2 Å². The van der Waals surface area contributed by atoms with Crippen molar-refractivity contribution in [2.75, 3.05) is 26.2 Å². The normalized spacial score (nSPS) is 26.8. The molecule has 0 spiro atoms. The second kappa shape index (κ2) is 7.35. The number of carbonyl (C=O) groups is 3. The molecule has 0 unspecified atom stereocenters. The zero-order chi connectivity index (χ0) is 21.8. The quantitative estimate of drug-likeness (QED) is 0.783. The fraction of sp³-hybridized carbons (Fsp3) is 0.565. The standard InChI is InChI=1S/C23H29N5O3/c1-23(2)15-7-6-14(16(23)10-15)11-25-21(30)18-4-3-5-19-26-17(12-28(18)19)22(31)27-9-8-24-20(29)13-27/h3-5,12,14-16H,6-11,13H2,1-2H3,(H,24,29)(H,25,30)/t14-,15-,16+/m0/s1. The number of amides is 3. The lowest BCUT2D eigenvalue weighted by atomic mass is 9.45. The van der Waals surface area contributed by atoms with Crippen LogP contribution in [-0.4, -0.2) is 58.2 Å². The van der Waals surface area contributed by atoms with Gasteiger partial charge >= 0.3 is 0 Å². The van der Waals surface area contributed by atoms with E-state index in [1.807, 2.05) is 0 Å². The average Bonchev–Trinajstić information content (AvgIpc) is 3.21. The molecule has 8 nitrogen and oxygen atoms in total. The summed E-state index contributed by atoms with van der Waals surface area (Å²) in [6, 6.07) is 5.30. The molecule has 0 radical (unpaired) electrons. The topological polar surface area (TPSA) is 95.8 Å². The molecule has 3 atom stereocenters. The molecule has 2 aromatic heterocycles. The molecule has 31 heavy (non-hydrogen) atoms. The highest BCUT2D eigenvalue weighted by atomic mass is 16.2. The van der Waals surface area contributed by atoms with Gasteiger partial charge in [0.2, 0.25) is 5.91 Å². The smallest absolute Gasteiger partial charge is 0.274 e. The molecule has 2 aromatic rings. The Labute approximate surface area is 181 Å². The van der Waals surface area contributed by atoms with Crippen LogP contribution in [0.3, 0.4) is 0 Å². The summed E-state index contributed by atoms with van der Waals surface area (Å²) in [4.78, 5) is 43.3. The number of piperazine rings is 1. The Morgan fingerprint density at radius 1 is 1.29 bits per heavy atom. The van der Waals surface area contributed by atoms with Gasteiger partial charge < -0.3 is 15.5 Å². The van der Waals surface area contributed by atoms with Crippen molar-refractivity contribution in [3.8, 4) is 0 Å². The molecule has 8 heteroatoms. The number of hydrogen-bond acceptors (Lipinski definition) is 4. The van der Waals surface area contributed by atoms with E-state index in [9.17, 15) is 14.4 Å². The van der Waals surface area contributed by atoms with Crippen LogP contribution in [-0.2, 0) is 4.79 Å². The van der Waals surface area contributed by atoms with Crippen LogP contribution in [0.4, 0.5) is 0 Å². The van der Waals surface area contributed by atoms with Crippen LogP contribution in [0.5, 0.6) is 0 Å². The maximum Gasteiger partial charge on any atom is 0.274 e. The summed E-state index contributed by atoms with van der Waals surface area (Å²) in [6.07, 6.45) is 5.31. The highest BCUT2D eigenvalue weighted by Crippen LogP contribution is 2.61. The first-order valence-electron chi connectivity index (χ1n) is 11.2. The Hall–Kier alpha value is -2.90. The lowest BCUT2D eigenvalue weighted by Crippen LogP contribution is -2.54. The first-order chi connectivity index (χ1) is 14.8. The van der Waals surface area contributed by atoms with Crippen molar-refractivity contribution in [1.29, 1.82) is 0 Å². The van der Waals surface area contributed by atoms with E-state index in [1.54, 1.807) is 28.8 Å². The predicted octanol–water partition coefficient (Wildman–Crippen LogP) is 1.71. The predicted molar refractivity (Wildman–Crippen MR) is 115 cm³/mol. The summed E-state index contributed by atoms with van der Waals surface area (Å²) in [5, 5.41) is 5.84. The van der Waals surface area contributed by atoms with E-state index in [0.717, 1.165) is 5.92 Å². The van der Waals surface area contributed by atoms with Crippen molar-refractivity contribution in [3.05, 3.63) is 35.8 Å². The Morgan fingerprint density at radius 3 is 2.87 bits per heavy atom. The van der Waals surface area contributed by atoms with Crippen LogP contribution in [0.15, 0.2) is 24.4 Å². The Morgan fingerprint density at radius 2 is 2.13 bits per heavy atom. The minimum absolute atomic E-state index is 0.0276. The fourth-order valence-corrected chi connectivity index (χ4v) is 5.79. The summed E-state index contributed by atoms with van der Waals surface area (Å²) >= 11 is 0. The van der Waals surface area contributed by atoms with E-state index in [0.29, 0.717) is 48.2 Å². The molecule has 1 saturated heterocycles. The zero-order valence-corrected chi connectivity index (χ0v) is 18.1. The first-order valence-corrected chi connectivity index (χ1v) is 11.2. The minimum Gasteiger partial charge on any atom is -0.353 e. The van der Waals surface area contributed by atoms with Gasteiger partial charge in [-0.15, -0.1) is 0 Å². The Balaban J connectivity index is 1.31. The van der Waals surface area contributed by atoms with Gasteiger partial charge in [-0.3, -0.25) is 18.8 Å². The van der Waals surface area contributed by atoms with Gasteiger partial charge in [-0.05, 0) is 54.6 Å². The van der Waals surface area contributed by atoms with Gasteiger partial charge in [-0.2, -0.15) is 0 Å². The van der Waals surface area contributed by atoms with Crippen LogP contribution in [0.25, 0.3) is 5.65 Å². The van der Waals surface area contributed by atoms with E-state index < -0.39 is 0 Å². The van der Waals surface area contributed by atoms with E-state index in [2.05, 4.69) is 29.5 Å². The molecule has 1 aliphatic heterocycles. The lowest BCUT2D eigenvalue weighted by Gasteiger charge is -2.60. The maximum absolute atomic E-state index is 13.0.